The van der Waals surface area contributed by atoms with Crippen LogP contribution in [0.2, 0.25) is 0 Å². The van der Waals surface area contributed by atoms with Crippen LogP contribution in [0.25, 0.3) is 0 Å². The number of hydrogen-bond acceptors (Lipinski definition) is 2. The van der Waals surface area contributed by atoms with Gasteiger partial charge < -0.3 is 10.2 Å². The molecule has 0 bridgehead atoms. The molecule has 0 aromatic rings. The van der Waals surface area contributed by atoms with Gasteiger partial charge in [0.15, 0.2) is 0 Å². The number of hydrogen-bond donors (Lipinski definition) is 1. The predicted molar refractivity (Wildman–Crippen MR) is 67.5 cm³/mol. The molecule has 1 unspecified atom stereocenters. The van der Waals surface area contributed by atoms with Gasteiger partial charge in [0.25, 0.3) is 0 Å². The van der Waals surface area contributed by atoms with E-state index in [4.69, 9.17) is 0 Å². The van der Waals surface area contributed by atoms with Gasteiger partial charge >= 0.3 is 0 Å². The van der Waals surface area contributed by atoms with E-state index in [1.165, 1.54) is 6.42 Å². The lowest BCUT2D eigenvalue weighted by molar-refractivity contribution is -0.134. The number of rotatable bonds is 5. The Morgan fingerprint density at radius 3 is 2.82 bits per heavy atom. The van der Waals surface area contributed by atoms with E-state index in [9.17, 15) is 9.59 Å². The van der Waals surface area contributed by atoms with Gasteiger partial charge in [0, 0.05) is 19.5 Å². The van der Waals surface area contributed by atoms with E-state index in [2.05, 4.69) is 12.2 Å². The summed E-state index contributed by atoms with van der Waals surface area (Å²) in [5.74, 6) is 0.634. The molecule has 98 valence electrons. The molecule has 17 heavy (non-hydrogen) atoms. The minimum absolute atomic E-state index is 0.00902. The average molecular weight is 240 g/mol. The Morgan fingerprint density at radius 1 is 1.41 bits per heavy atom. The molecule has 0 aromatic carbocycles. The van der Waals surface area contributed by atoms with Gasteiger partial charge in [0.1, 0.15) is 0 Å². The van der Waals surface area contributed by atoms with Crippen LogP contribution in [-0.4, -0.2) is 36.3 Å². The number of nitrogens with one attached hydrogen (secondary N) is 1. The van der Waals surface area contributed by atoms with Crippen molar-refractivity contribution in [2.24, 2.45) is 5.92 Å². The molecule has 4 heteroatoms. The molecule has 4 nitrogen and oxygen atoms in total. The van der Waals surface area contributed by atoms with Crippen molar-refractivity contribution >= 4 is 11.8 Å². The molecular weight excluding hydrogens is 216 g/mol. The molecule has 1 fully saturated rings. The topological polar surface area (TPSA) is 49.4 Å². The highest BCUT2D eigenvalue weighted by Crippen LogP contribution is 2.15. The summed E-state index contributed by atoms with van der Waals surface area (Å²) in [4.78, 5) is 25.1. The molecule has 0 aliphatic carbocycles. The van der Waals surface area contributed by atoms with Crippen LogP contribution < -0.4 is 5.32 Å². The molecule has 1 N–H and O–H groups in total. The molecule has 1 atom stereocenters. The van der Waals surface area contributed by atoms with E-state index in [-0.39, 0.29) is 18.4 Å². The van der Waals surface area contributed by atoms with Crippen LogP contribution in [0.15, 0.2) is 0 Å². The van der Waals surface area contributed by atoms with E-state index in [1.807, 2.05) is 11.8 Å². The second-order valence-corrected chi connectivity index (χ2v) is 4.97. The fourth-order valence-corrected chi connectivity index (χ4v) is 2.13. The van der Waals surface area contributed by atoms with Gasteiger partial charge in [-0.15, -0.1) is 0 Å². The van der Waals surface area contributed by atoms with Crippen molar-refractivity contribution in [2.45, 2.75) is 46.0 Å². The van der Waals surface area contributed by atoms with Gasteiger partial charge in [0.05, 0.1) is 6.54 Å². The Morgan fingerprint density at radius 2 is 2.18 bits per heavy atom. The minimum atomic E-state index is -0.00902. The zero-order valence-corrected chi connectivity index (χ0v) is 11.0. The summed E-state index contributed by atoms with van der Waals surface area (Å²) in [5.41, 5.74) is 0. The first-order chi connectivity index (χ1) is 8.13. The summed E-state index contributed by atoms with van der Waals surface area (Å²) in [6.07, 6.45) is 4.70. The lowest BCUT2D eigenvalue weighted by Gasteiger charge is -2.31. The van der Waals surface area contributed by atoms with Gasteiger partial charge in [0.2, 0.25) is 11.8 Å². The second-order valence-electron chi connectivity index (χ2n) is 4.97. The normalized spacial score (nSPS) is 20.1. The Labute approximate surface area is 104 Å². The molecule has 0 aromatic heterocycles. The van der Waals surface area contributed by atoms with Crippen molar-refractivity contribution in [2.75, 3.05) is 19.6 Å². The molecule has 0 spiro atoms. The molecule has 1 saturated heterocycles. The molecular formula is C13H24N2O2. The Hall–Kier alpha value is -1.06. The summed E-state index contributed by atoms with van der Waals surface area (Å²) in [6.45, 7) is 6.06. The molecule has 1 aliphatic rings. The molecule has 1 heterocycles. The first-order valence-electron chi connectivity index (χ1n) is 6.68. The number of piperidine rings is 1. The van der Waals surface area contributed by atoms with E-state index in [0.717, 1.165) is 32.4 Å². The fraction of sp³-hybridized carbons (Fsp3) is 0.846. The number of carbonyl (C=O) groups excluding carboxylic acids is 2. The smallest absolute Gasteiger partial charge is 0.241 e. The van der Waals surface area contributed by atoms with Crippen LogP contribution in [0.3, 0.4) is 0 Å². The van der Waals surface area contributed by atoms with Gasteiger partial charge in [-0.1, -0.05) is 20.3 Å². The molecule has 0 saturated carbocycles. The lowest BCUT2D eigenvalue weighted by Crippen LogP contribution is -2.44. The third kappa shape index (κ3) is 5.20. The quantitative estimate of drug-likeness (QED) is 0.792. The van der Waals surface area contributed by atoms with Crippen molar-refractivity contribution < 1.29 is 9.59 Å². The summed E-state index contributed by atoms with van der Waals surface area (Å²) in [6, 6.07) is 0. The van der Waals surface area contributed by atoms with Crippen molar-refractivity contribution in [3.05, 3.63) is 0 Å². The maximum atomic E-state index is 11.8. The first kappa shape index (κ1) is 14.0. The average Bonchev–Trinajstić information content (AvgIpc) is 2.33. The van der Waals surface area contributed by atoms with Crippen LogP contribution in [0.4, 0.5) is 0 Å². The number of carbonyl (C=O) groups is 2. The molecule has 1 aliphatic heterocycles. The summed E-state index contributed by atoms with van der Waals surface area (Å²) < 4.78 is 0. The molecule has 2 amide bonds. The minimum Gasteiger partial charge on any atom is -0.347 e. The van der Waals surface area contributed by atoms with Gasteiger partial charge in [-0.2, -0.15) is 0 Å². The molecule has 0 radical (unpaired) electrons. The van der Waals surface area contributed by atoms with Crippen LogP contribution >= 0.6 is 0 Å². The van der Waals surface area contributed by atoms with Crippen LogP contribution in [-0.2, 0) is 9.59 Å². The SMILES string of the molecule is CCCCC(=O)NCC(=O)N1CCCC(C)C1. The monoisotopic (exact) mass is 240 g/mol. The summed E-state index contributed by atoms with van der Waals surface area (Å²) in [7, 11) is 0. The van der Waals surface area contributed by atoms with Crippen molar-refractivity contribution in [3.63, 3.8) is 0 Å². The third-order valence-corrected chi connectivity index (χ3v) is 3.20. The van der Waals surface area contributed by atoms with Crippen LogP contribution in [0.1, 0.15) is 46.0 Å². The third-order valence-electron chi connectivity index (χ3n) is 3.20. The standard InChI is InChI=1S/C13H24N2O2/c1-3-4-7-12(16)14-9-13(17)15-8-5-6-11(2)10-15/h11H,3-10H2,1-2H3,(H,14,16). The van der Waals surface area contributed by atoms with Crippen molar-refractivity contribution in [1.82, 2.24) is 10.2 Å². The Bertz CT molecular complexity index is 266. The number of unbranched alkanes of at least 4 members (excludes halogenated alkanes) is 1. The van der Waals surface area contributed by atoms with Crippen LogP contribution in [0, 0.1) is 5.92 Å². The van der Waals surface area contributed by atoms with E-state index < -0.39 is 0 Å². The Balaban J connectivity index is 2.22. The summed E-state index contributed by atoms with van der Waals surface area (Å²) >= 11 is 0. The summed E-state index contributed by atoms with van der Waals surface area (Å²) in [5, 5.41) is 2.70. The largest absolute Gasteiger partial charge is 0.347 e. The maximum Gasteiger partial charge on any atom is 0.241 e. The van der Waals surface area contributed by atoms with Crippen LogP contribution in [0.5, 0.6) is 0 Å². The highest BCUT2D eigenvalue weighted by Gasteiger charge is 2.20. The second kappa shape index (κ2) is 7.30. The predicted octanol–water partition coefficient (Wildman–Crippen LogP) is 1.55. The molecule has 1 rings (SSSR count). The van der Waals surface area contributed by atoms with E-state index in [1.54, 1.807) is 0 Å². The van der Waals surface area contributed by atoms with Crippen molar-refractivity contribution in [1.29, 1.82) is 0 Å². The van der Waals surface area contributed by atoms with Gasteiger partial charge in [-0.25, -0.2) is 0 Å². The number of nitrogens with zero attached hydrogens (tertiary/aromatic N) is 1. The van der Waals surface area contributed by atoms with Gasteiger partial charge in [-0.3, -0.25) is 9.59 Å². The lowest BCUT2D eigenvalue weighted by atomic mass is 10.0. The van der Waals surface area contributed by atoms with Gasteiger partial charge in [-0.05, 0) is 25.2 Å². The highest BCUT2D eigenvalue weighted by molar-refractivity contribution is 5.84. The number of amides is 2. The zero-order chi connectivity index (χ0) is 12.7. The first-order valence-corrected chi connectivity index (χ1v) is 6.68. The Kier molecular flexibility index (Phi) is 6.01. The highest BCUT2D eigenvalue weighted by atomic mass is 16.2. The maximum absolute atomic E-state index is 11.8. The number of likely N-dealkylation sites (tertiary alicyclic amines) is 1. The zero-order valence-electron chi connectivity index (χ0n) is 11.0. The van der Waals surface area contributed by atoms with E-state index >= 15 is 0 Å². The fourth-order valence-electron chi connectivity index (χ4n) is 2.13. The van der Waals surface area contributed by atoms with E-state index in [0.29, 0.717) is 12.3 Å². The van der Waals surface area contributed by atoms with Crippen molar-refractivity contribution in [3.8, 4) is 0 Å².